The average molecular weight is 254 g/mol. The number of halogens is 1. The summed E-state index contributed by atoms with van der Waals surface area (Å²) >= 11 is 5.75. The number of aliphatic hydroxyl groups excluding tert-OH is 1. The van der Waals surface area contributed by atoms with Crippen molar-refractivity contribution < 1.29 is 9.90 Å². The highest BCUT2D eigenvalue weighted by molar-refractivity contribution is 6.17. The van der Waals surface area contributed by atoms with E-state index in [-0.39, 0.29) is 12.5 Å². The Morgan fingerprint density at radius 1 is 1.47 bits per heavy atom. The molecule has 0 spiro atoms. The summed E-state index contributed by atoms with van der Waals surface area (Å²) in [5.41, 5.74) is 1.60. The standard InChI is InChI=1S/C13H16ClNO2/c14-9-10-2-1-3-11(8-10)13(17)15(6-7-16)12-4-5-12/h1-3,8,12,16H,4-7,9H2. The molecule has 0 unspecified atom stereocenters. The molecule has 0 radical (unpaired) electrons. The van der Waals surface area contributed by atoms with Crippen LogP contribution in [0.3, 0.4) is 0 Å². The van der Waals surface area contributed by atoms with E-state index in [1.165, 1.54) is 0 Å². The van der Waals surface area contributed by atoms with Crippen molar-refractivity contribution in [3.05, 3.63) is 35.4 Å². The number of carbonyl (C=O) groups excluding carboxylic acids is 1. The van der Waals surface area contributed by atoms with Gasteiger partial charge in [-0.1, -0.05) is 12.1 Å². The summed E-state index contributed by atoms with van der Waals surface area (Å²) in [5.74, 6) is 0.401. The van der Waals surface area contributed by atoms with Gasteiger partial charge in [0.15, 0.2) is 0 Å². The minimum Gasteiger partial charge on any atom is -0.395 e. The van der Waals surface area contributed by atoms with E-state index in [0.29, 0.717) is 24.0 Å². The van der Waals surface area contributed by atoms with Gasteiger partial charge < -0.3 is 10.0 Å². The summed E-state index contributed by atoms with van der Waals surface area (Å²) < 4.78 is 0. The zero-order valence-corrected chi connectivity index (χ0v) is 10.4. The van der Waals surface area contributed by atoms with Gasteiger partial charge in [-0.15, -0.1) is 11.6 Å². The van der Waals surface area contributed by atoms with E-state index >= 15 is 0 Å². The Morgan fingerprint density at radius 2 is 2.24 bits per heavy atom. The highest BCUT2D eigenvalue weighted by atomic mass is 35.5. The van der Waals surface area contributed by atoms with Gasteiger partial charge in [0.2, 0.25) is 0 Å². The van der Waals surface area contributed by atoms with Crippen LogP contribution in [-0.2, 0) is 5.88 Å². The summed E-state index contributed by atoms with van der Waals surface area (Å²) in [6.07, 6.45) is 2.09. The Kier molecular flexibility index (Phi) is 4.02. The summed E-state index contributed by atoms with van der Waals surface area (Å²) in [7, 11) is 0. The molecule has 2 rings (SSSR count). The number of amides is 1. The molecular formula is C13H16ClNO2. The normalized spacial score (nSPS) is 14.7. The van der Waals surface area contributed by atoms with E-state index in [0.717, 1.165) is 18.4 Å². The second kappa shape index (κ2) is 5.52. The number of aliphatic hydroxyl groups is 1. The highest BCUT2D eigenvalue weighted by Crippen LogP contribution is 2.28. The SMILES string of the molecule is O=C(c1cccc(CCl)c1)N(CCO)C1CC1. The molecule has 1 aliphatic rings. The topological polar surface area (TPSA) is 40.5 Å². The first-order valence-electron chi connectivity index (χ1n) is 5.83. The number of carbonyl (C=O) groups is 1. The van der Waals surface area contributed by atoms with E-state index in [1.54, 1.807) is 11.0 Å². The largest absolute Gasteiger partial charge is 0.395 e. The van der Waals surface area contributed by atoms with Gasteiger partial charge in [-0.25, -0.2) is 0 Å². The van der Waals surface area contributed by atoms with E-state index in [1.807, 2.05) is 18.2 Å². The molecule has 0 bridgehead atoms. The second-order valence-electron chi connectivity index (χ2n) is 4.29. The number of nitrogens with zero attached hydrogens (tertiary/aromatic N) is 1. The molecule has 0 aliphatic heterocycles. The molecule has 1 aromatic rings. The monoisotopic (exact) mass is 253 g/mol. The van der Waals surface area contributed by atoms with Crippen LogP contribution >= 0.6 is 11.6 Å². The fourth-order valence-electron chi connectivity index (χ4n) is 1.90. The molecule has 4 heteroatoms. The van der Waals surface area contributed by atoms with Crippen molar-refractivity contribution in [2.24, 2.45) is 0 Å². The molecule has 1 aromatic carbocycles. The van der Waals surface area contributed by atoms with Crippen molar-refractivity contribution in [3.8, 4) is 0 Å². The number of rotatable bonds is 5. The third kappa shape index (κ3) is 2.99. The molecule has 0 saturated heterocycles. The first kappa shape index (κ1) is 12.4. The number of hydrogen-bond acceptors (Lipinski definition) is 2. The van der Waals surface area contributed by atoms with Crippen LogP contribution in [0.5, 0.6) is 0 Å². The predicted molar refractivity (Wildman–Crippen MR) is 67.1 cm³/mol. The smallest absolute Gasteiger partial charge is 0.254 e. The van der Waals surface area contributed by atoms with Crippen LogP contribution in [0.1, 0.15) is 28.8 Å². The molecule has 0 heterocycles. The maximum atomic E-state index is 12.3. The summed E-state index contributed by atoms with van der Waals surface area (Å²) in [6.45, 7) is 0.423. The van der Waals surface area contributed by atoms with Gasteiger partial charge >= 0.3 is 0 Å². The van der Waals surface area contributed by atoms with Crippen molar-refractivity contribution in [2.45, 2.75) is 24.8 Å². The van der Waals surface area contributed by atoms with Gasteiger partial charge in [0, 0.05) is 24.0 Å². The lowest BCUT2D eigenvalue weighted by Gasteiger charge is -2.21. The van der Waals surface area contributed by atoms with E-state index in [2.05, 4.69) is 0 Å². The zero-order chi connectivity index (χ0) is 12.3. The molecule has 1 amide bonds. The van der Waals surface area contributed by atoms with Gasteiger partial charge in [0.05, 0.1) is 6.61 Å². The quantitative estimate of drug-likeness (QED) is 0.816. The maximum absolute atomic E-state index is 12.3. The third-order valence-electron chi connectivity index (χ3n) is 2.92. The molecule has 1 saturated carbocycles. The Morgan fingerprint density at radius 3 is 2.82 bits per heavy atom. The van der Waals surface area contributed by atoms with Gasteiger partial charge in [-0.3, -0.25) is 4.79 Å². The number of benzene rings is 1. The van der Waals surface area contributed by atoms with Crippen molar-refractivity contribution in [2.75, 3.05) is 13.2 Å². The first-order valence-corrected chi connectivity index (χ1v) is 6.36. The molecule has 0 atom stereocenters. The molecule has 3 nitrogen and oxygen atoms in total. The van der Waals surface area contributed by atoms with Gasteiger partial charge in [-0.05, 0) is 30.5 Å². The van der Waals surface area contributed by atoms with Crippen molar-refractivity contribution >= 4 is 17.5 Å². The Labute approximate surface area is 106 Å². The molecule has 17 heavy (non-hydrogen) atoms. The number of hydrogen-bond donors (Lipinski definition) is 1. The van der Waals surface area contributed by atoms with Crippen molar-refractivity contribution in [1.82, 2.24) is 4.90 Å². The van der Waals surface area contributed by atoms with E-state index in [9.17, 15) is 4.79 Å². The summed E-state index contributed by atoms with van der Waals surface area (Å²) in [5, 5.41) is 8.99. The minimum atomic E-state index is -0.00600. The molecule has 1 fully saturated rings. The van der Waals surface area contributed by atoms with Crippen molar-refractivity contribution in [1.29, 1.82) is 0 Å². The Bertz CT molecular complexity index is 404. The first-order chi connectivity index (χ1) is 8.26. The van der Waals surface area contributed by atoms with Crippen molar-refractivity contribution in [3.63, 3.8) is 0 Å². The van der Waals surface area contributed by atoms with Gasteiger partial charge in [0.1, 0.15) is 0 Å². The lowest BCUT2D eigenvalue weighted by Crippen LogP contribution is -2.35. The number of alkyl halides is 1. The van der Waals surface area contributed by atoms with Gasteiger partial charge in [0.25, 0.3) is 5.91 Å². The highest BCUT2D eigenvalue weighted by Gasteiger charge is 2.32. The minimum absolute atomic E-state index is 0.00600. The van der Waals surface area contributed by atoms with Crippen LogP contribution in [0.25, 0.3) is 0 Å². The van der Waals surface area contributed by atoms with Crippen LogP contribution in [0, 0.1) is 0 Å². The van der Waals surface area contributed by atoms with Crippen LogP contribution in [0.2, 0.25) is 0 Å². The molecule has 0 aromatic heterocycles. The zero-order valence-electron chi connectivity index (χ0n) is 9.60. The lowest BCUT2D eigenvalue weighted by atomic mass is 10.1. The lowest BCUT2D eigenvalue weighted by molar-refractivity contribution is 0.0707. The van der Waals surface area contributed by atoms with E-state index in [4.69, 9.17) is 16.7 Å². The Balaban J connectivity index is 2.15. The van der Waals surface area contributed by atoms with Crippen LogP contribution in [0.15, 0.2) is 24.3 Å². The van der Waals surface area contributed by atoms with Gasteiger partial charge in [-0.2, -0.15) is 0 Å². The van der Waals surface area contributed by atoms with E-state index < -0.39 is 0 Å². The summed E-state index contributed by atoms with van der Waals surface area (Å²) in [4.78, 5) is 14.0. The summed E-state index contributed by atoms with van der Waals surface area (Å²) in [6, 6.07) is 7.67. The fraction of sp³-hybridized carbons (Fsp3) is 0.462. The maximum Gasteiger partial charge on any atom is 0.254 e. The van der Waals surface area contributed by atoms with Crippen LogP contribution in [0.4, 0.5) is 0 Å². The molecule has 1 N–H and O–H groups in total. The predicted octanol–water partition coefficient (Wildman–Crippen LogP) is 2.02. The Hall–Kier alpha value is -1.06. The average Bonchev–Trinajstić information content (AvgIpc) is 3.19. The molecule has 92 valence electrons. The second-order valence-corrected chi connectivity index (χ2v) is 4.55. The van der Waals surface area contributed by atoms with Crippen LogP contribution < -0.4 is 0 Å². The molecular weight excluding hydrogens is 238 g/mol. The third-order valence-corrected chi connectivity index (χ3v) is 3.23. The molecule has 1 aliphatic carbocycles. The van der Waals surface area contributed by atoms with Crippen LogP contribution in [-0.4, -0.2) is 35.1 Å². The fourth-order valence-corrected chi connectivity index (χ4v) is 2.06.